The van der Waals surface area contributed by atoms with Gasteiger partial charge in [0, 0.05) is 23.7 Å². The van der Waals surface area contributed by atoms with Crippen LogP contribution in [0.15, 0.2) is 54.6 Å². The largest absolute Gasteiger partial charge is 0.300 e. The minimum absolute atomic E-state index is 0.461. The number of likely N-dealkylation sites (N-methyl/N-ethyl adjacent to an activating group) is 1. The van der Waals surface area contributed by atoms with Crippen molar-refractivity contribution >= 4 is 11.6 Å². The molecule has 124 valence electrons. The first-order valence-electron chi connectivity index (χ1n) is 7.90. The van der Waals surface area contributed by atoms with Crippen LogP contribution in [0.4, 0.5) is 0 Å². The Hall–Kier alpha value is -1.39. The second-order valence-electron chi connectivity index (χ2n) is 6.38. The van der Waals surface area contributed by atoms with Crippen LogP contribution in [0.3, 0.4) is 0 Å². The fourth-order valence-corrected chi connectivity index (χ4v) is 2.70. The van der Waals surface area contributed by atoms with Crippen LogP contribution < -0.4 is 0 Å². The van der Waals surface area contributed by atoms with E-state index in [0.717, 1.165) is 30.2 Å². The van der Waals surface area contributed by atoms with Gasteiger partial charge in [-0.25, -0.2) is 4.84 Å². The number of hydrogen-bond donors (Lipinski definition) is 0. The molecule has 3 nitrogen and oxygen atoms in total. The van der Waals surface area contributed by atoms with Gasteiger partial charge in [-0.05, 0) is 18.7 Å². The van der Waals surface area contributed by atoms with Gasteiger partial charge in [0.25, 0.3) is 0 Å². The van der Waals surface area contributed by atoms with Gasteiger partial charge >= 0.3 is 0 Å². The lowest BCUT2D eigenvalue weighted by molar-refractivity contribution is -1.09. The van der Waals surface area contributed by atoms with E-state index in [1.807, 2.05) is 30.3 Å². The van der Waals surface area contributed by atoms with Crippen LogP contribution in [0.2, 0.25) is 5.02 Å². The summed E-state index contributed by atoms with van der Waals surface area (Å²) < 4.78 is 0.461. The molecule has 0 N–H and O–H groups in total. The first kappa shape index (κ1) is 18.0. The van der Waals surface area contributed by atoms with Crippen LogP contribution >= 0.6 is 11.6 Å². The van der Waals surface area contributed by atoms with E-state index >= 15 is 0 Å². The highest BCUT2D eigenvalue weighted by Crippen LogP contribution is 2.19. The lowest BCUT2D eigenvalue weighted by atomic mass is 10.2. The molecule has 0 amide bonds. The third-order valence-electron chi connectivity index (χ3n) is 3.72. The molecule has 0 heterocycles. The Labute approximate surface area is 144 Å². The van der Waals surface area contributed by atoms with Gasteiger partial charge in [0.05, 0.1) is 14.1 Å². The topological polar surface area (TPSA) is 12.5 Å². The lowest BCUT2D eigenvalue weighted by Gasteiger charge is -2.28. The van der Waals surface area contributed by atoms with Gasteiger partial charge in [-0.15, -0.1) is 0 Å². The highest BCUT2D eigenvalue weighted by Gasteiger charge is 2.19. The van der Waals surface area contributed by atoms with Crippen LogP contribution in [0.5, 0.6) is 0 Å². The van der Waals surface area contributed by atoms with Crippen molar-refractivity contribution in [2.75, 3.05) is 34.3 Å². The number of hydroxylamine groups is 3. The summed E-state index contributed by atoms with van der Waals surface area (Å²) in [6.45, 7) is 3.25. The van der Waals surface area contributed by atoms with E-state index in [2.05, 4.69) is 50.3 Å². The minimum Gasteiger partial charge on any atom is -0.300 e. The van der Waals surface area contributed by atoms with Gasteiger partial charge in [0.15, 0.2) is 0 Å². The Morgan fingerprint density at radius 3 is 2.35 bits per heavy atom. The van der Waals surface area contributed by atoms with Crippen molar-refractivity contribution in [3.8, 4) is 0 Å². The maximum absolute atomic E-state index is 6.23. The van der Waals surface area contributed by atoms with Gasteiger partial charge in [-0.3, -0.25) is 4.90 Å². The van der Waals surface area contributed by atoms with E-state index in [4.69, 9.17) is 16.4 Å². The number of hydrogen-bond acceptors (Lipinski definition) is 2. The fourth-order valence-electron chi connectivity index (χ4n) is 2.50. The van der Waals surface area contributed by atoms with Crippen molar-refractivity contribution in [2.24, 2.45) is 0 Å². The number of benzene rings is 2. The molecule has 2 rings (SSSR count). The Kier molecular flexibility index (Phi) is 6.60. The van der Waals surface area contributed by atoms with E-state index < -0.39 is 0 Å². The zero-order valence-corrected chi connectivity index (χ0v) is 15.0. The predicted octanol–water partition coefficient (Wildman–Crippen LogP) is 3.98. The second kappa shape index (κ2) is 8.46. The minimum atomic E-state index is 0.461. The summed E-state index contributed by atoms with van der Waals surface area (Å²) in [5.41, 5.74) is 2.43. The van der Waals surface area contributed by atoms with E-state index in [9.17, 15) is 0 Å². The molecular weight excluding hydrogens is 308 g/mol. The van der Waals surface area contributed by atoms with Crippen LogP contribution in [-0.4, -0.2) is 43.8 Å². The summed E-state index contributed by atoms with van der Waals surface area (Å²) >= 11 is 6.23. The van der Waals surface area contributed by atoms with Crippen LogP contribution in [-0.2, 0) is 17.9 Å². The zero-order valence-electron chi connectivity index (χ0n) is 14.2. The molecular formula is C19H26ClN2O+. The maximum atomic E-state index is 6.23. The highest BCUT2D eigenvalue weighted by molar-refractivity contribution is 6.31. The number of nitrogens with zero attached hydrogens (tertiary/aromatic N) is 2. The Balaban J connectivity index is 1.77. The van der Waals surface area contributed by atoms with Crippen molar-refractivity contribution in [1.82, 2.24) is 4.90 Å². The average molecular weight is 334 g/mol. The lowest BCUT2D eigenvalue weighted by Crippen LogP contribution is -2.40. The van der Waals surface area contributed by atoms with Crippen LogP contribution in [0, 0.1) is 0 Å². The molecule has 0 atom stereocenters. The molecule has 0 bridgehead atoms. The first-order valence-corrected chi connectivity index (χ1v) is 8.27. The Morgan fingerprint density at radius 2 is 1.65 bits per heavy atom. The molecule has 0 aromatic heterocycles. The molecule has 0 spiro atoms. The molecule has 0 fully saturated rings. The summed E-state index contributed by atoms with van der Waals surface area (Å²) in [4.78, 5) is 8.30. The maximum Gasteiger partial charge on any atom is 0.135 e. The molecule has 0 aliphatic carbocycles. The van der Waals surface area contributed by atoms with Crippen molar-refractivity contribution in [2.45, 2.75) is 13.1 Å². The quantitative estimate of drug-likeness (QED) is 0.535. The number of rotatable bonds is 8. The summed E-state index contributed by atoms with van der Waals surface area (Å²) in [6, 6.07) is 18.4. The van der Waals surface area contributed by atoms with E-state index in [1.54, 1.807) is 0 Å². The normalized spacial score (nSPS) is 11.9. The molecule has 0 saturated heterocycles. The Morgan fingerprint density at radius 1 is 1.00 bits per heavy atom. The molecule has 23 heavy (non-hydrogen) atoms. The highest BCUT2D eigenvalue weighted by atomic mass is 35.5. The smallest absolute Gasteiger partial charge is 0.135 e. The van der Waals surface area contributed by atoms with Gasteiger partial charge in [0.1, 0.15) is 13.2 Å². The molecule has 2 aromatic carbocycles. The molecule has 4 heteroatoms. The van der Waals surface area contributed by atoms with E-state index in [1.165, 1.54) is 5.56 Å². The van der Waals surface area contributed by atoms with Gasteiger partial charge < -0.3 is 0 Å². The second-order valence-corrected chi connectivity index (χ2v) is 6.79. The average Bonchev–Trinajstić information content (AvgIpc) is 2.50. The summed E-state index contributed by atoms with van der Waals surface area (Å²) in [5, 5.41) is 0.795. The van der Waals surface area contributed by atoms with Crippen molar-refractivity contribution in [3.05, 3.63) is 70.7 Å². The summed E-state index contributed by atoms with van der Waals surface area (Å²) in [5.74, 6) is 0. The number of quaternary nitrogens is 1. The zero-order chi connectivity index (χ0) is 16.7. The molecule has 0 radical (unpaired) electrons. The van der Waals surface area contributed by atoms with Crippen molar-refractivity contribution in [1.29, 1.82) is 0 Å². The summed E-state index contributed by atoms with van der Waals surface area (Å²) in [7, 11) is 6.23. The molecule has 2 aromatic rings. The monoisotopic (exact) mass is 333 g/mol. The molecule has 0 aliphatic heterocycles. The standard InChI is InChI=1S/C19H26ClN2O/c1-21(15-17-9-5-4-6-10-17)13-14-23-22(2,3)16-18-11-7-8-12-19(18)20/h4-12H,13-16H2,1-3H3/q+1. The van der Waals surface area contributed by atoms with Gasteiger partial charge in [0.2, 0.25) is 0 Å². The Bertz CT molecular complexity index is 601. The molecule has 0 saturated carbocycles. The summed E-state index contributed by atoms with van der Waals surface area (Å²) in [6.07, 6.45) is 0. The SMILES string of the molecule is CN(CCO[N+](C)(C)Cc1ccccc1Cl)Cc1ccccc1. The number of halogens is 1. The van der Waals surface area contributed by atoms with E-state index in [0.29, 0.717) is 11.3 Å². The molecule has 0 aliphatic rings. The van der Waals surface area contributed by atoms with Crippen LogP contribution in [0.1, 0.15) is 11.1 Å². The van der Waals surface area contributed by atoms with Gasteiger partial charge in [-0.1, -0.05) is 60.1 Å². The van der Waals surface area contributed by atoms with E-state index in [-0.39, 0.29) is 0 Å². The molecule has 0 unspecified atom stereocenters. The van der Waals surface area contributed by atoms with Crippen LogP contribution in [0.25, 0.3) is 0 Å². The predicted molar refractivity (Wildman–Crippen MR) is 96.0 cm³/mol. The van der Waals surface area contributed by atoms with Gasteiger partial charge in [-0.2, -0.15) is 4.65 Å². The fraction of sp³-hybridized carbons (Fsp3) is 0.368. The first-order chi connectivity index (χ1) is 11.0. The third kappa shape index (κ3) is 6.32. The third-order valence-corrected chi connectivity index (χ3v) is 4.09. The van der Waals surface area contributed by atoms with Crippen molar-refractivity contribution < 1.29 is 9.48 Å². The van der Waals surface area contributed by atoms with Crippen molar-refractivity contribution in [3.63, 3.8) is 0 Å².